The molecule has 2 aromatic rings. The van der Waals surface area contributed by atoms with Crippen LogP contribution >= 0.6 is 11.6 Å². The molecular formula is C22H25ClFN3O2. The summed E-state index contributed by atoms with van der Waals surface area (Å²) in [5, 5.41) is 6.21. The molecule has 0 bridgehead atoms. The largest absolute Gasteiger partial charge is 0.352 e. The number of anilines is 1. The molecule has 2 N–H and O–H groups in total. The summed E-state index contributed by atoms with van der Waals surface area (Å²) in [7, 11) is 0. The number of benzene rings is 2. The van der Waals surface area contributed by atoms with Crippen molar-refractivity contribution >= 4 is 29.2 Å². The van der Waals surface area contributed by atoms with Gasteiger partial charge in [0.05, 0.1) is 5.69 Å². The first-order chi connectivity index (χ1) is 14.0. The minimum absolute atomic E-state index is 0.00659. The van der Waals surface area contributed by atoms with Gasteiger partial charge in [-0.25, -0.2) is 9.18 Å². The molecule has 5 nitrogen and oxygen atoms in total. The zero-order chi connectivity index (χ0) is 20.6. The highest BCUT2D eigenvalue weighted by Crippen LogP contribution is 2.22. The highest BCUT2D eigenvalue weighted by Gasteiger charge is 2.24. The first-order valence-electron chi connectivity index (χ1n) is 9.83. The Morgan fingerprint density at radius 1 is 1.14 bits per heavy atom. The lowest BCUT2D eigenvalue weighted by Gasteiger charge is -2.32. The van der Waals surface area contributed by atoms with Crippen molar-refractivity contribution in [2.24, 2.45) is 5.92 Å². The fraction of sp³-hybridized carbons (Fsp3) is 0.364. The summed E-state index contributed by atoms with van der Waals surface area (Å²) in [5.41, 5.74) is 1.18. The molecule has 1 fully saturated rings. The van der Waals surface area contributed by atoms with Gasteiger partial charge in [0.25, 0.3) is 0 Å². The van der Waals surface area contributed by atoms with Gasteiger partial charge in [-0.05, 0) is 55.0 Å². The Kier molecular flexibility index (Phi) is 7.47. The van der Waals surface area contributed by atoms with Crippen molar-refractivity contribution in [2.75, 3.05) is 18.4 Å². The molecule has 0 unspecified atom stereocenters. The van der Waals surface area contributed by atoms with Gasteiger partial charge in [0.15, 0.2) is 0 Å². The van der Waals surface area contributed by atoms with E-state index in [2.05, 4.69) is 10.6 Å². The van der Waals surface area contributed by atoms with Crippen LogP contribution in [-0.4, -0.2) is 29.9 Å². The van der Waals surface area contributed by atoms with Crippen molar-refractivity contribution in [1.29, 1.82) is 0 Å². The highest BCUT2D eigenvalue weighted by atomic mass is 35.5. The van der Waals surface area contributed by atoms with Gasteiger partial charge in [-0.3, -0.25) is 4.79 Å². The summed E-state index contributed by atoms with van der Waals surface area (Å²) < 4.78 is 13.7. The Morgan fingerprint density at radius 2 is 1.90 bits per heavy atom. The van der Waals surface area contributed by atoms with E-state index in [-0.39, 0.29) is 23.5 Å². The second kappa shape index (κ2) is 10.3. The van der Waals surface area contributed by atoms with Gasteiger partial charge in [0, 0.05) is 31.1 Å². The summed E-state index contributed by atoms with van der Waals surface area (Å²) in [6, 6.07) is 13.2. The Morgan fingerprint density at radius 3 is 2.66 bits per heavy atom. The SMILES string of the molecule is O=C(CC[C@@H]1CCCN(C(=O)Nc2ccccc2F)C1)NCc1ccc(Cl)cc1. The Bertz CT molecular complexity index is 844. The number of carbonyl (C=O) groups is 2. The first kappa shape index (κ1) is 21.1. The van der Waals surface area contributed by atoms with Crippen LogP contribution in [0.2, 0.25) is 5.02 Å². The molecule has 0 aliphatic carbocycles. The number of carbonyl (C=O) groups excluding carboxylic acids is 2. The monoisotopic (exact) mass is 417 g/mol. The van der Waals surface area contributed by atoms with Gasteiger partial charge in [-0.15, -0.1) is 0 Å². The van der Waals surface area contributed by atoms with Crippen LogP contribution in [0.4, 0.5) is 14.9 Å². The predicted octanol–water partition coefficient (Wildman–Crippen LogP) is 4.82. The molecule has 1 atom stereocenters. The maximum atomic E-state index is 13.7. The highest BCUT2D eigenvalue weighted by molar-refractivity contribution is 6.30. The van der Waals surface area contributed by atoms with Crippen LogP contribution in [-0.2, 0) is 11.3 Å². The van der Waals surface area contributed by atoms with Gasteiger partial charge < -0.3 is 15.5 Å². The normalized spacial score (nSPS) is 16.3. The Balaban J connectivity index is 1.42. The molecule has 1 aliphatic rings. The van der Waals surface area contributed by atoms with Crippen molar-refractivity contribution in [3.63, 3.8) is 0 Å². The topological polar surface area (TPSA) is 61.4 Å². The van der Waals surface area contributed by atoms with Crippen molar-refractivity contribution in [1.82, 2.24) is 10.2 Å². The number of nitrogens with zero attached hydrogens (tertiary/aromatic N) is 1. The average molecular weight is 418 g/mol. The maximum Gasteiger partial charge on any atom is 0.321 e. The molecule has 0 spiro atoms. The number of nitrogens with one attached hydrogen (secondary N) is 2. The fourth-order valence-electron chi connectivity index (χ4n) is 3.47. The van der Waals surface area contributed by atoms with E-state index in [9.17, 15) is 14.0 Å². The van der Waals surface area contributed by atoms with Crippen LogP contribution in [0.1, 0.15) is 31.2 Å². The molecule has 29 heavy (non-hydrogen) atoms. The van der Waals surface area contributed by atoms with E-state index < -0.39 is 5.82 Å². The number of hydrogen-bond donors (Lipinski definition) is 2. The third-order valence-electron chi connectivity index (χ3n) is 5.10. The minimum Gasteiger partial charge on any atom is -0.352 e. The van der Waals surface area contributed by atoms with E-state index in [0.29, 0.717) is 31.1 Å². The number of rotatable bonds is 6. The molecule has 3 amide bonds. The van der Waals surface area contributed by atoms with E-state index in [1.807, 2.05) is 12.1 Å². The van der Waals surface area contributed by atoms with Crippen molar-refractivity contribution in [2.45, 2.75) is 32.2 Å². The zero-order valence-electron chi connectivity index (χ0n) is 16.2. The van der Waals surface area contributed by atoms with Crippen LogP contribution in [0.25, 0.3) is 0 Å². The fourth-order valence-corrected chi connectivity index (χ4v) is 3.59. The second-order valence-corrected chi connectivity index (χ2v) is 7.74. The number of urea groups is 1. The molecule has 1 aliphatic heterocycles. The second-order valence-electron chi connectivity index (χ2n) is 7.31. The van der Waals surface area contributed by atoms with E-state index in [1.165, 1.54) is 6.07 Å². The molecule has 3 rings (SSSR count). The van der Waals surface area contributed by atoms with Crippen LogP contribution in [0.3, 0.4) is 0 Å². The van der Waals surface area contributed by atoms with Crippen LogP contribution in [0.15, 0.2) is 48.5 Å². The summed E-state index contributed by atoms with van der Waals surface area (Å²) in [6.45, 7) is 1.68. The lowest BCUT2D eigenvalue weighted by molar-refractivity contribution is -0.121. The van der Waals surface area contributed by atoms with Gasteiger partial charge in [0.1, 0.15) is 5.82 Å². The Labute approximate surface area is 175 Å². The van der Waals surface area contributed by atoms with Crippen LogP contribution < -0.4 is 10.6 Å². The summed E-state index contributed by atoms with van der Waals surface area (Å²) in [6.07, 6.45) is 2.99. The molecule has 1 heterocycles. The van der Waals surface area contributed by atoms with Gasteiger partial charge in [-0.2, -0.15) is 0 Å². The molecule has 0 saturated carbocycles. The van der Waals surface area contributed by atoms with E-state index in [4.69, 9.17) is 11.6 Å². The number of para-hydroxylation sites is 1. The molecule has 1 saturated heterocycles. The number of halogens is 2. The van der Waals surface area contributed by atoms with E-state index in [0.717, 1.165) is 24.8 Å². The summed E-state index contributed by atoms with van der Waals surface area (Å²) >= 11 is 5.86. The quantitative estimate of drug-likeness (QED) is 0.707. The number of likely N-dealkylation sites (tertiary alicyclic amines) is 1. The predicted molar refractivity (Wildman–Crippen MR) is 112 cm³/mol. The molecular weight excluding hydrogens is 393 g/mol. The van der Waals surface area contributed by atoms with Crippen LogP contribution in [0.5, 0.6) is 0 Å². The smallest absolute Gasteiger partial charge is 0.321 e. The lowest BCUT2D eigenvalue weighted by atomic mass is 9.93. The number of piperidine rings is 1. The first-order valence-corrected chi connectivity index (χ1v) is 10.2. The average Bonchev–Trinajstić information content (AvgIpc) is 2.73. The minimum atomic E-state index is -0.452. The molecule has 2 aromatic carbocycles. The molecule has 0 aromatic heterocycles. The molecule has 0 radical (unpaired) electrons. The third kappa shape index (κ3) is 6.46. The standard InChI is InChI=1S/C22H25ClFN3O2/c23-18-10-7-16(8-11-18)14-25-21(28)12-9-17-4-3-13-27(15-17)22(29)26-20-6-2-1-5-19(20)24/h1-2,5-8,10-11,17H,3-4,9,12-15H2,(H,25,28)(H,26,29)/t17-/m0/s1. The summed E-state index contributed by atoms with van der Waals surface area (Å²) in [5.74, 6) is -0.198. The third-order valence-corrected chi connectivity index (χ3v) is 5.36. The van der Waals surface area contributed by atoms with E-state index >= 15 is 0 Å². The van der Waals surface area contributed by atoms with E-state index in [1.54, 1.807) is 35.2 Å². The maximum absolute atomic E-state index is 13.7. The van der Waals surface area contributed by atoms with Gasteiger partial charge in [-0.1, -0.05) is 35.9 Å². The van der Waals surface area contributed by atoms with Crippen LogP contribution in [0, 0.1) is 11.7 Å². The molecule has 7 heteroatoms. The Hall–Kier alpha value is -2.60. The van der Waals surface area contributed by atoms with Crippen molar-refractivity contribution in [3.05, 3.63) is 64.9 Å². The number of amides is 3. The van der Waals surface area contributed by atoms with Crippen molar-refractivity contribution < 1.29 is 14.0 Å². The zero-order valence-corrected chi connectivity index (χ0v) is 16.9. The summed E-state index contributed by atoms with van der Waals surface area (Å²) in [4.78, 5) is 26.3. The lowest BCUT2D eigenvalue weighted by Crippen LogP contribution is -2.42. The van der Waals surface area contributed by atoms with Crippen molar-refractivity contribution in [3.8, 4) is 0 Å². The molecule has 154 valence electrons. The van der Waals surface area contributed by atoms with Gasteiger partial charge in [0.2, 0.25) is 5.91 Å². The van der Waals surface area contributed by atoms with Gasteiger partial charge >= 0.3 is 6.03 Å². The number of hydrogen-bond acceptors (Lipinski definition) is 2.